The van der Waals surface area contributed by atoms with Gasteiger partial charge in [0.05, 0.1) is 6.10 Å². The molecule has 1 unspecified atom stereocenters. The van der Waals surface area contributed by atoms with E-state index in [4.69, 9.17) is 4.74 Å². The van der Waals surface area contributed by atoms with Gasteiger partial charge in [-0.05, 0) is 44.5 Å². The first-order valence-electron chi connectivity index (χ1n) is 6.44. The number of hydrogen-bond donors (Lipinski definition) is 2. The third kappa shape index (κ3) is 4.02. The Hall–Kier alpha value is -1.06. The fraction of sp³-hybridized carbons (Fsp3) is 0.571. The summed E-state index contributed by atoms with van der Waals surface area (Å²) in [5.41, 5.74) is 1.31. The molecule has 1 saturated heterocycles. The molecule has 94 valence electrons. The molecule has 0 bridgehead atoms. The summed E-state index contributed by atoms with van der Waals surface area (Å²) in [6, 6.07) is 8.98. The second-order valence-electron chi connectivity index (χ2n) is 4.88. The van der Waals surface area contributed by atoms with Crippen LogP contribution < -0.4 is 15.4 Å². The van der Waals surface area contributed by atoms with Crippen LogP contribution in [0.3, 0.4) is 0 Å². The highest BCUT2D eigenvalue weighted by atomic mass is 16.5. The SMILES string of the molecule is CC(C)Oc1ccc(CNC2CCNC2)cc1. The Balaban J connectivity index is 1.80. The summed E-state index contributed by atoms with van der Waals surface area (Å²) in [6.45, 7) is 7.26. The summed E-state index contributed by atoms with van der Waals surface area (Å²) in [5.74, 6) is 0.950. The smallest absolute Gasteiger partial charge is 0.119 e. The van der Waals surface area contributed by atoms with Crippen LogP contribution in [0.25, 0.3) is 0 Å². The van der Waals surface area contributed by atoms with E-state index in [2.05, 4.69) is 22.8 Å². The van der Waals surface area contributed by atoms with Crippen molar-refractivity contribution in [3.05, 3.63) is 29.8 Å². The molecule has 1 fully saturated rings. The van der Waals surface area contributed by atoms with Gasteiger partial charge >= 0.3 is 0 Å². The standard InChI is InChI=1S/C14H22N2O/c1-11(2)17-14-5-3-12(4-6-14)9-16-13-7-8-15-10-13/h3-6,11,13,15-16H,7-10H2,1-2H3. The Morgan fingerprint density at radius 1 is 1.35 bits per heavy atom. The fourth-order valence-corrected chi connectivity index (χ4v) is 2.05. The lowest BCUT2D eigenvalue weighted by Gasteiger charge is -2.12. The van der Waals surface area contributed by atoms with Crippen molar-refractivity contribution >= 4 is 0 Å². The highest BCUT2D eigenvalue weighted by Gasteiger charge is 2.12. The van der Waals surface area contributed by atoms with E-state index in [0.29, 0.717) is 6.04 Å². The van der Waals surface area contributed by atoms with Gasteiger partial charge in [-0.2, -0.15) is 0 Å². The molecule has 2 rings (SSSR count). The molecular formula is C14H22N2O. The van der Waals surface area contributed by atoms with Crippen molar-refractivity contribution in [1.82, 2.24) is 10.6 Å². The summed E-state index contributed by atoms with van der Waals surface area (Å²) in [7, 11) is 0. The lowest BCUT2D eigenvalue weighted by molar-refractivity contribution is 0.242. The predicted molar refractivity (Wildman–Crippen MR) is 70.3 cm³/mol. The zero-order valence-corrected chi connectivity index (χ0v) is 10.7. The van der Waals surface area contributed by atoms with Gasteiger partial charge in [0.25, 0.3) is 0 Å². The summed E-state index contributed by atoms with van der Waals surface area (Å²) < 4.78 is 5.62. The lowest BCUT2D eigenvalue weighted by Crippen LogP contribution is -2.30. The quantitative estimate of drug-likeness (QED) is 0.816. The predicted octanol–water partition coefficient (Wildman–Crippen LogP) is 1.93. The number of rotatable bonds is 5. The van der Waals surface area contributed by atoms with Gasteiger partial charge in [-0.3, -0.25) is 0 Å². The van der Waals surface area contributed by atoms with Crippen molar-refractivity contribution in [2.75, 3.05) is 13.1 Å². The summed E-state index contributed by atoms with van der Waals surface area (Å²) in [6.07, 6.45) is 1.47. The zero-order chi connectivity index (χ0) is 12.1. The van der Waals surface area contributed by atoms with Crippen LogP contribution in [-0.4, -0.2) is 25.2 Å². The average Bonchev–Trinajstić information content (AvgIpc) is 2.80. The molecular weight excluding hydrogens is 212 g/mol. The molecule has 1 aliphatic rings. The van der Waals surface area contributed by atoms with E-state index in [9.17, 15) is 0 Å². The maximum atomic E-state index is 5.62. The summed E-state index contributed by atoms with van der Waals surface area (Å²) in [4.78, 5) is 0. The van der Waals surface area contributed by atoms with Gasteiger partial charge in [0, 0.05) is 19.1 Å². The molecule has 0 spiro atoms. The van der Waals surface area contributed by atoms with E-state index in [1.54, 1.807) is 0 Å². The van der Waals surface area contributed by atoms with Gasteiger partial charge in [-0.25, -0.2) is 0 Å². The molecule has 1 heterocycles. The molecule has 0 aliphatic carbocycles. The van der Waals surface area contributed by atoms with Crippen molar-refractivity contribution in [3.8, 4) is 5.75 Å². The normalized spacial score (nSPS) is 19.8. The highest BCUT2D eigenvalue weighted by Crippen LogP contribution is 2.14. The zero-order valence-electron chi connectivity index (χ0n) is 10.7. The third-order valence-corrected chi connectivity index (χ3v) is 2.95. The van der Waals surface area contributed by atoms with Crippen LogP contribution >= 0.6 is 0 Å². The summed E-state index contributed by atoms with van der Waals surface area (Å²) in [5, 5.41) is 6.91. The maximum absolute atomic E-state index is 5.62. The van der Waals surface area contributed by atoms with Crippen LogP contribution in [0.4, 0.5) is 0 Å². The van der Waals surface area contributed by atoms with Crippen molar-refractivity contribution < 1.29 is 4.74 Å². The molecule has 0 radical (unpaired) electrons. The molecule has 17 heavy (non-hydrogen) atoms. The summed E-state index contributed by atoms with van der Waals surface area (Å²) >= 11 is 0. The molecule has 3 heteroatoms. The number of ether oxygens (including phenoxy) is 1. The van der Waals surface area contributed by atoms with Crippen molar-refractivity contribution in [1.29, 1.82) is 0 Å². The topological polar surface area (TPSA) is 33.3 Å². The van der Waals surface area contributed by atoms with Crippen LogP contribution in [0, 0.1) is 0 Å². The minimum absolute atomic E-state index is 0.239. The molecule has 0 aromatic heterocycles. The van der Waals surface area contributed by atoms with Gasteiger partial charge in [0.1, 0.15) is 5.75 Å². The van der Waals surface area contributed by atoms with E-state index >= 15 is 0 Å². The van der Waals surface area contributed by atoms with E-state index < -0.39 is 0 Å². The number of hydrogen-bond acceptors (Lipinski definition) is 3. The van der Waals surface area contributed by atoms with Gasteiger partial charge in [0.15, 0.2) is 0 Å². The van der Waals surface area contributed by atoms with Crippen LogP contribution in [-0.2, 0) is 6.54 Å². The maximum Gasteiger partial charge on any atom is 0.119 e. The monoisotopic (exact) mass is 234 g/mol. The Kier molecular flexibility index (Phi) is 4.40. The average molecular weight is 234 g/mol. The second kappa shape index (κ2) is 6.03. The molecule has 3 nitrogen and oxygen atoms in total. The van der Waals surface area contributed by atoms with Crippen molar-refractivity contribution in [2.45, 2.75) is 39.0 Å². The number of benzene rings is 1. The Morgan fingerprint density at radius 2 is 2.12 bits per heavy atom. The Bertz CT molecular complexity index is 329. The molecule has 1 aliphatic heterocycles. The third-order valence-electron chi connectivity index (χ3n) is 2.95. The first-order chi connectivity index (χ1) is 8.24. The van der Waals surface area contributed by atoms with E-state index in [1.807, 2.05) is 26.0 Å². The second-order valence-corrected chi connectivity index (χ2v) is 4.88. The lowest BCUT2D eigenvalue weighted by atomic mass is 10.2. The molecule has 0 saturated carbocycles. The van der Waals surface area contributed by atoms with E-state index in [0.717, 1.165) is 25.4 Å². The number of nitrogens with one attached hydrogen (secondary N) is 2. The Morgan fingerprint density at radius 3 is 2.71 bits per heavy atom. The van der Waals surface area contributed by atoms with E-state index in [1.165, 1.54) is 12.0 Å². The molecule has 1 aromatic carbocycles. The minimum atomic E-state index is 0.239. The first-order valence-corrected chi connectivity index (χ1v) is 6.44. The van der Waals surface area contributed by atoms with Crippen LogP contribution in [0.1, 0.15) is 25.8 Å². The van der Waals surface area contributed by atoms with Crippen molar-refractivity contribution in [3.63, 3.8) is 0 Å². The van der Waals surface area contributed by atoms with Gasteiger partial charge in [-0.1, -0.05) is 12.1 Å². The van der Waals surface area contributed by atoms with Gasteiger partial charge < -0.3 is 15.4 Å². The van der Waals surface area contributed by atoms with Crippen LogP contribution in [0.2, 0.25) is 0 Å². The minimum Gasteiger partial charge on any atom is -0.491 e. The highest BCUT2D eigenvalue weighted by molar-refractivity contribution is 5.27. The van der Waals surface area contributed by atoms with Crippen LogP contribution in [0.15, 0.2) is 24.3 Å². The van der Waals surface area contributed by atoms with Gasteiger partial charge in [-0.15, -0.1) is 0 Å². The van der Waals surface area contributed by atoms with Crippen molar-refractivity contribution in [2.24, 2.45) is 0 Å². The van der Waals surface area contributed by atoms with E-state index in [-0.39, 0.29) is 6.10 Å². The molecule has 1 aromatic rings. The molecule has 2 N–H and O–H groups in total. The molecule has 0 amide bonds. The van der Waals surface area contributed by atoms with Crippen LogP contribution in [0.5, 0.6) is 5.75 Å². The fourth-order valence-electron chi connectivity index (χ4n) is 2.05. The molecule has 1 atom stereocenters. The Labute approximate surface area is 104 Å². The first kappa shape index (κ1) is 12.4. The largest absolute Gasteiger partial charge is 0.491 e. The van der Waals surface area contributed by atoms with Gasteiger partial charge in [0.2, 0.25) is 0 Å².